The number of anilines is 1. The summed E-state index contributed by atoms with van der Waals surface area (Å²) in [6.07, 6.45) is 2.33. The second-order valence-corrected chi connectivity index (χ2v) is 5.17. The summed E-state index contributed by atoms with van der Waals surface area (Å²) in [6, 6.07) is 4.13. The SMILES string of the molecule is CCCNc1ncnc(-c2cccc(F)c2F)c1C(C)C. The maximum Gasteiger partial charge on any atom is 0.168 e. The molecule has 2 rings (SSSR count). The Morgan fingerprint density at radius 3 is 2.62 bits per heavy atom. The monoisotopic (exact) mass is 291 g/mol. The minimum Gasteiger partial charge on any atom is -0.370 e. The van der Waals surface area contributed by atoms with E-state index in [9.17, 15) is 8.78 Å². The zero-order valence-electron chi connectivity index (χ0n) is 12.5. The lowest BCUT2D eigenvalue weighted by atomic mass is 9.97. The summed E-state index contributed by atoms with van der Waals surface area (Å²) in [7, 11) is 0. The van der Waals surface area contributed by atoms with Gasteiger partial charge in [-0.15, -0.1) is 0 Å². The third-order valence-corrected chi connectivity index (χ3v) is 3.21. The topological polar surface area (TPSA) is 37.8 Å². The highest BCUT2D eigenvalue weighted by atomic mass is 19.2. The number of hydrogen-bond donors (Lipinski definition) is 1. The molecule has 0 bridgehead atoms. The number of hydrogen-bond acceptors (Lipinski definition) is 3. The Balaban J connectivity index is 2.60. The van der Waals surface area contributed by atoms with Crippen molar-refractivity contribution in [3.05, 3.63) is 41.7 Å². The second-order valence-electron chi connectivity index (χ2n) is 5.17. The Hall–Kier alpha value is -2.04. The molecule has 1 N–H and O–H groups in total. The van der Waals surface area contributed by atoms with E-state index in [1.807, 2.05) is 13.8 Å². The first kappa shape index (κ1) is 15.4. The van der Waals surface area contributed by atoms with Gasteiger partial charge in [0.2, 0.25) is 0 Å². The molecule has 0 saturated heterocycles. The van der Waals surface area contributed by atoms with Crippen LogP contribution in [-0.4, -0.2) is 16.5 Å². The van der Waals surface area contributed by atoms with E-state index in [-0.39, 0.29) is 11.5 Å². The maximum atomic E-state index is 14.1. The van der Waals surface area contributed by atoms with Gasteiger partial charge in [0.15, 0.2) is 11.6 Å². The largest absolute Gasteiger partial charge is 0.370 e. The van der Waals surface area contributed by atoms with Gasteiger partial charge in [0, 0.05) is 17.7 Å². The summed E-state index contributed by atoms with van der Waals surface area (Å²) in [5.41, 5.74) is 1.41. The molecular weight excluding hydrogens is 272 g/mol. The van der Waals surface area contributed by atoms with Gasteiger partial charge in [-0.1, -0.05) is 26.8 Å². The van der Waals surface area contributed by atoms with E-state index in [2.05, 4.69) is 22.2 Å². The zero-order valence-corrected chi connectivity index (χ0v) is 12.5. The fourth-order valence-corrected chi connectivity index (χ4v) is 2.23. The molecule has 0 fully saturated rings. The minimum atomic E-state index is -0.875. The lowest BCUT2D eigenvalue weighted by Crippen LogP contribution is -2.09. The van der Waals surface area contributed by atoms with Crippen molar-refractivity contribution < 1.29 is 8.78 Å². The molecule has 0 unspecified atom stereocenters. The third-order valence-electron chi connectivity index (χ3n) is 3.21. The van der Waals surface area contributed by atoms with Crippen LogP contribution in [0, 0.1) is 11.6 Å². The van der Waals surface area contributed by atoms with E-state index in [0.717, 1.165) is 24.6 Å². The molecule has 112 valence electrons. The number of rotatable bonds is 5. The Labute approximate surface area is 123 Å². The molecule has 0 aliphatic heterocycles. The number of halogens is 2. The van der Waals surface area contributed by atoms with Crippen molar-refractivity contribution in [1.82, 2.24) is 9.97 Å². The molecule has 0 aliphatic carbocycles. The van der Waals surface area contributed by atoms with Crippen LogP contribution in [0.25, 0.3) is 11.3 Å². The van der Waals surface area contributed by atoms with Crippen molar-refractivity contribution in [2.45, 2.75) is 33.1 Å². The van der Waals surface area contributed by atoms with E-state index >= 15 is 0 Å². The Kier molecular flexibility index (Phi) is 4.83. The first-order valence-electron chi connectivity index (χ1n) is 7.09. The van der Waals surface area contributed by atoms with Crippen LogP contribution in [0.3, 0.4) is 0 Å². The summed E-state index contributed by atoms with van der Waals surface area (Å²) in [5, 5.41) is 3.22. The molecule has 1 heterocycles. The second kappa shape index (κ2) is 6.61. The third kappa shape index (κ3) is 3.17. The smallest absolute Gasteiger partial charge is 0.168 e. The summed E-state index contributed by atoms with van der Waals surface area (Å²) in [5.74, 6) is -0.979. The highest BCUT2D eigenvalue weighted by molar-refractivity contribution is 5.69. The molecule has 5 heteroatoms. The van der Waals surface area contributed by atoms with Gasteiger partial charge in [-0.3, -0.25) is 0 Å². The van der Waals surface area contributed by atoms with Gasteiger partial charge >= 0.3 is 0 Å². The van der Waals surface area contributed by atoms with Gasteiger partial charge in [0.1, 0.15) is 12.1 Å². The highest BCUT2D eigenvalue weighted by Crippen LogP contribution is 2.33. The normalized spacial score (nSPS) is 11.0. The van der Waals surface area contributed by atoms with Crippen LogP contribution in [0.4, 0.5) is 14.6 Å². The molecule has 0 spiro atoms. The van der Waals surface area contributed by atoms with Gasteiger partial charge in [0.25, 0.3) is 0 Å². The van der Waals surface area contributed by atoms with Crippen LogP contribution in [0.1, 0.15) is 38.7 Å². The molecular formula is C16H19F2N3. The maximum absolute atomic E-state index is 14.1. The van der Waals surface area contributed by atoms with E-state index < -0.39 is 11.6 Å². The van der Waals surface area contributed by atoms with E-state index in [4.69, 9.17) is 0 Å². The van der Waals surface area contributed by atoms with Gasteiger partial charge in [0.05, 0.1) is 5.69 Å². The molecule has 0 radical (unpaired) electrons. The lowest BCUT2D eigenvalue weighted by molar-refractivity contribution is 0.510. The average molecular weight is 291 g/mol. The van der Waals surface area contributed by atoms with E-state index in [0.29, 0.717) is 11.5 Å². The number of benzene rings is 1. The molecule has 0 amide bonds. The summed E-state index contributed by atoms with van der Waals surface area (Å²) in [4.78, 5) is 8.42. The number of nitrogens with zero attached hydrogens (tertiary/aromatic N) is 2. The van der Waals surface area contributed by atoms with Gasteiger partial charge < -0.3 is 5.32 Å². The van der Waals surface area contributed by atoms with E-state index in [1.54, 1.807) is 0 Å². The summed E-state index contributed by atoms with van der Waals surface area (Å²) < 4.78 is 27.5. The van der Waals surface area contributed by atoms with Gasteiger partial charge in [-0.25, -0.2) is 18.7 Å². The molecule has 0 saturated carbocycles. The van der Waals surface area contributed by atoms with Crippen molar-refractivity contribution in [3.8, 4) is 11.3 Å². The first-order valence-corrected chi connectivity index (χ1v) is 7.09. The summed E-state index contributed by atoms with van der Waals surface area (Å²) in [6.45, 7) is 6.78. The fraction of sp³-hybridized carbons (Fsp3) is 0.375. The molecule has 0 atom stereocenters. The van der Waals surface area contributed by atoms with Crippen molar-refractivity contribution in [2.75, 3.05) is 11.9 Å². The van der Waals surface area contributed by atoms with Crippen LogP contribution < -0.4 is 5.32 Å². The lowest BCUT2D eigenvalue weighted by Gasteiger charge is -2.17. The van der Waals surface area contributed by atoms with Crippen LogP contribution in [-0.2, 0) is 0 Å². The highest BCUT2D eigenvalue weighted by Gasteiger charge is 2.19. The van der Waals surface area contributed by atoms with Crippen LogP contribution >= 0.6 is 0 Å². The Morgan fingerprint density at radius 2 is 1.95 bits per heavy atom. The van der Waals surface area contributed by atoms with Gasteiger partial charge in [-0.2, -0.15) is 0 Å². The first-order chi connectivity index (χ1) is 10.1. The van der Waals surface area contributed by atoms with Crippen molar-refractivity contribution >= 4 is 5.82 Å². The molecule has 2 aromatic rings. The molecule has 0 aliphatic rings. The molecule has 1 aromatic carbocycles. The van der Waals surface area contributed by atoms with Crippen molar-refractivity contribution in [3.63, 3.8) is 0 Å². The molecule has 1 aromatic heterocycles. The quantitative estimate of drug-likeness (QED) is 0.889. The Morgan fingerprint density at radius 1 is 1.19 bits per heavy atom. The van der Waals surface area contributed by atoms with Crippen molar-refractivity contribution in [1.29, 1.82) is 0 Å². The van der Waals surface area contributed by atoms with Gasteiger partial charge in [-0.05, 0) is 24.5 Å². The average Bonchev–Trinajstić information content (AvgIpc) is 2.47. The van der Waals surface area contributed by atoms with Crippen LogP contribution in [0.2, 0.25) is 0 Å². The predicted octanol–water partition coefficient (Wildman–Crippen LogP) is 4.37. The molecule has 3 nitrogen and oxygen atoms in total. The number of aromatic nitrogens is 2. The number of nitrogens with one attached hydrogen (secondary N) is 1. The van der Waals surface area contributed by atoms with E-state index in [1.165, 1.54) is 18.5 Å². The predicted molar refractivity (Wildman–Crippen MR) is 80.3 cm³/mol. The molecule has 21 heavy (non-hydrogen) atoms. The fourth-order valence-electron chi connectivity index (χ4n) is 2.23. The van der Waals surface area contributed by atoms with Crippen LogP contribution in [0.15, 0.2) is 24.5 Å². The van der Waals surface area contributed by atoms with Crippen LogP contribution in [0.5, 0.6) is 0 Å². The standard InChI is InChI=1S/C16H19F2N3/c1-4-8-19-16-13(10(2)3)15(20-9-21-16)11-6-5-7-12(17)14(11)18/h5-7,9-10H,4,8H2,1-3H3,(H,19,20,21). The Bertz CT molecular complexity index is 627. The zero-order chi connectivity index (χ0) is 15.4. The summed E-state index contributed by atoms with van der Waals surface area (Å²) >= 11 is 0. The minimum absolute atomic E-state index is 0.0863. The van der Waals surface area contributed by atoms with Crippen molar-refractivity contribution in [2.24, 2.45) is 0 Å².